The number of phenolic OH excluding ortho intramolecular Hbond substituents is 4. The summed E-state index contributed by atoms with van der Waals surface area (Å²) >= 11 is 0. The van der Waals surface area contributed by atoms with Crippen molar-refractivity contribution in [3.05, 3.63) is 24.3 Å². The van der Waals surface area contributed by atoms with Crippen LogP contribution >= 0.6 is 0 Å². The third-order valence-corrected chi connectivity index (χ3v) is 6.61. The fourth-order valence-electron chi connectivity index (χ4n) is 1.83. The molecule has 24 heteroatoms. The van der Waals surface area contributed by atoms with Gasteiger partial charge in [-0.05, 0) is 12.1 Å². The first-order valence-corrected chi connectivity index (χ1v) is 12.8. The van der Waals surface area contributed by atoms with Crippen LogP contribution in [-0.2, 0) is 40.5 Å². The van der Waals surface area contributed by atoms with Crippen molar-refractivity contribution in [1.29, 1.82) is 0 Å². The molecular weight excluding hydrogens is 620 g/mol. The fourth-order valence-corrected chi connectivity index (χ4v) is 4.28. The van der Waals surface area contributed by atoms with Crippen LogP contribution in [0.15, 0.2) is 43.8 Å². The molecule has 36 heavy (non-hydrogen) atoms. The van der Waals surface area contributed by atoms with Gasteiger partial charge in [0.2, 0.25) is 0 Å². The van der Waals surface area contributed by atoms with Crippen LogP contribution in [0.4, 0.5) is 0 Å². The van der Waals surface area contributed by atoms with Gasteiger partial charge in [-0.1, -0.05) is 0 Å². The summed E-state index contributed by atoms with van der Waals surface area (Å²) in [5.74, 6) is -4.64. The predicted octanol–water partition coefficient (Wildman–Crippen LogP) is -3.41. The first-order chi connectivity index (χ1) is 14.1. The molecule has 0 saturated carbocycles. The summed E-state index contributed by atoms with van der Waals surface area (Å²) in [6.07, 6.45) is 0. The molecule has 0 aromatic heterocycles. The van der Waals surface area contributed by atoms with Gasteiger partial charge in [0.15, 0.2) is 23.0 Å². The van der Waals surface area contributed by atoms with Crippen LogP contribution in [0.1, 0.15) is 0 Å². The Hall–Kier alpha value is 1.28. The second-order valence-electron chi connectivity index (χ2n) is 5.48. The van der Waals surface area contributed by atoms with Gasteiger partial charge >= 0.3 is 118 Å². The molecule has 2 aromatic rings. The van der Waals surface area contributed by atoms with E-state index in [1.807, 2.05) is 0 Å². The van der Waals surface area contributed by atoms with E-state index >= 15 is 0 Å². The van der Waals surface area contributed by atoms with Crippen LogP contribution in [-0.4, -0.2) is 191 Å². The zero-order chi connectivity index (χ0) is 25.4. The average Bonchev–Trinajstić information content (AvgIpc) is 2.56. The fraction of sp³-hybridized carbons (Fsp3) is 0. The summed E-state index contributed by atoms with van der Waals surface area (Å²) in [5, 5.41) is 36.1. The van der Waals surface area contributed by atoms with Crippen LogP contribution < -0.4 is 0 Å². The molecule has 0 atom stereocenters. The van der Waals surface area contributed by atoms with E-state index in [1.54, 1.807) is 0 Å². The Bertz CT molecular complexity index is 1390. The van der Waals surface area contributed by atoms with Gasteiger partial charge in [-0.3, -0.25) is 18.2 Å². The number of hydrogen-bond acceptors (Lipinski definition) is 12. The zero-order valence-electron chi connectivity index (χ0n) is 14.8. The molecule has 0 bridgehead atoms. The molecule has 0 unspecified atom stereocenters. The van der Waals surface area contributed by atoms with Crippen molar-refractivity contribution in [2.75, 3.05) is 0 Å². The molecule has 0 fully saturated rings. The third-order valence-electron chi connectivity index (χ3n) is 3.21. The second-order valence-corrected chi connectivity index (χ2v) is 11.1. The van der Waals surface area contributed by atoms with E-state index in [9.17, 15) is 33.7 Å². The van der Waals surface area contributed by atoms with E-state index in [0.717, 1.165) is 0 Å². The Morgan fingerprint density at radius 1 is 0.417 bits per heavy atom. The number of rotatable bonds is 4. The molecule has 0 aliphatic heterocycles. The first kappa shape index (κ1) is 44.3. The van der Waals surface area contributed by atoms with Gasteiger partial charge in [-0.15, -0.1) is 0 Å². The van der Waals surface area contributed by atoms with E-state index in [-0.39, 0.29) is 118 Å². The van der Waals surface area contributed by atoms with Crippen LogP contribution in [0.3, 0.4) is 0 Å². The van der Waals surface area contributed by atoms with Crippen LogP contribution in [0.2, 0.25) is 0 Å². The molecule has 2 rings (SSSR count). The summed E-state index contributed by atoms with van der Waals surface area (Å²) in [7, 11) is -19.4. The standard InChI is InChI=1S/2C6H6O8S2.4Na.4H/c2*7-4-1-3(15(9,10)11)2-5(6(4)8)16(12,13)14;;;;;;;;/h2*1-2,7-8H,(H,9,10,11)(H,12,13,14);;;;;;;;. The second kappa shape index (κ2) is 15.9. The van der Waals surface area contributed by atoms with Crippen LogP contribution in [0, 0.1) is 0 Å². The van der Waals surface area contributed by atoms with Crippen molar-refractivity contribution in [2.45, 2.75) is 19.6 Å². The molecule has 2 aromatic carbocycles. The molecule has 8 N–H and O–H groups in total. The Morgan fingerprint density at radius 3 is 0.806 bits per heavy atom. The van der Waals surface area contributed by atoms with Crippen molar-refractivity contribution < 1.29 is 72.3 Å². The Morgan fingerprint density at radius 2 is 0.639 bits per heavy atom. The monoisotopic (exact) mass is 636 g/mol. The molecule has 0 aliphatic rings. The molecular formula is C12H16Na4O16S4. The Kier molecular flexibility index (Phi) is 19.6. The first-order valence-electron chi connectivity index (χ1n) is 7.08. The normalized spacial score (nSPS) is 11.2. The van der Waals surface area contributed by atoms with Crippen molar-refractivity contribution in [2.24, 2.45) is 0 Å². The van der Waals surface area contributed by atoms with E-state index < -0.39 is 83.1 Å². The minimum atomic E-state index is -4.92. The van der Waals surface area contributed by atoms with Crippen molar-refractivity contribution in [1.82, 2.24) is 0 Å². The van der Waals surface area contributed by atoms with E-state index in [0.29, 0.717) is 24.3 Å². The van der Waals surface area contributed by atoms with E-state index in [4.69, 9.17) is 38.6 Å². The van der Waals surface area contributed by atoms with Gasteiger partial charge in [0.25, 0.3) is 40.5 Å². The van der Waals surface area contributed by atoms with Gasteiger partial charge < -0.3 is 20.4 Å². The third kappa shape index (κ3) is 12.6. The van der Waals surface area contributed by atoms with Gasteiger partial charge in [-0.25, -0.2) is 0 Å². The SMILES string of the molecule is O=S(=O)(O)c1cc(O)c(O)c(S(=O)(=O)O)c1.O=S(=O)(O)c1cc(O)c(O)c(S(=O)(=O)O)c1.[NaH].[NaH].[NaH].[NaH]. The molecule has 0 spiro atoms. The van der Waals surface area contributed by atoms with Crippen LogP contribution in [0.25, 0.3) is 0 Å². The van der Waals surface area contributed by atoms with Gasteiger partial charge in [0.05, 0.1) is 9.79 Å². The molecule has 16 nitrogen and oxygen atoms in total. The van der Waals surface area contributed by atoms with Crippen molar-refractivity contribution >= 4 is 159 Å². The quantitative estimate of drug-likeness (QED) is 0.0921. The average molecular weight is 636 g/mol. The Labute approximate surface area is 293 Å². The molecule has 0 amide bonds. The molecule has 188 valence electrons. The summed E-state index contributed by atoms with van der Waals surface area (Å²) in [5.41, 5.74) is 0. The number of aromatic hydroxyl groups is 4. The summed E-state index contributed by atoms with van der Waals surface area (Å²) in [6.45, 7) is 0. The number of phenols is 4. The van der Waals surface area contributed by atoms with Gasteiger partial charge in [-0.2, -0.15) is 33.7 Å². The van der Waals surface area contributed by atoms with Gasteiger partial charge in [0.1, 0.15) is 9.79 Å². The van der Waals surface area contributed by atoms with Gasteiger partial charge in [0, 0.05) is 12.1 Å². The molecule has 0 saturated heterocycles. The topological polar surface area (TPSA) is 298 Å². The molecule has 0 heterocycles. The zero-order valence-corrected chi connectivity index (χ0v) is 18.1. The molecule has 0 aliphatic carbocycles. The Balaban J connectivity index is -0.000000256. The number of benzene rings is 2. The van der Waals surface area contributed by atoms with E-state index in [1.165, 1.54) is 0 Å². The summed E-state index contributed by atoms with van der Waals surface area (Å²) in [4.78, 5) is -4.40. The summed E-state index contributed by atoms with van der Waals surface area (Å²) in [6, 6.07) is 1.47. The van der Waals surface area contributed by atoms with Crippen molar-refractivity contribution in [3.63, 3.8) is 0 Å². The maximum atomic E-state index is 10.7. The maximum absolute atomic E-state index is 10.7. The molecule has 0 radical (unpaired) electrons. The van der Waals surface area contributed by atoms with E-state index in [2.05, 4.69) is 0 Å². The number of hydrogen-bond donors (Lipinski definition) is 8. The predicted molar refractivity (Wildman–Crippen MR) is 127 cm³/mol. The summed E-state index contributed by atoms with van der Waals surface area (Å²) < 4.78 is 120. The van der Waals surface area contributed by atoms with Crippen molar-refractivity contribution in [3.8, 4) is 23.0 Å². The van der Waals surface area contributed by atoms with Crippen LogP contribution in [0.5, 0.6) is 23.0 Å². The minimum absolute atomic E-state index is 0.